The smallest absolute Gasteiger partial charge is 0.338 e. The maximum absolute atomic E-state index is 13.1. The molecule has 0 aromatic heterocycles. The van der Waals surface area contributed by atoms with E-state index in [4.69, 9.17) is 15.7 Å². The molecule has 0 fully saturated rings. The number of rotatable bonds is 6. The Morgan fingerprint density at radius 2 is 1.87 bits per heavy atom. The minimum absolute atomic E-state index is 0.0155. The van der Waals surface area contributed by atoms with E-state index in [0.29, 0.717) is 13.0 Å². The van der Waals surface area contributed by atoms with Gasteiger partial charge >= 0.3 is 5.97 Å². The minimum atomic E-state index is -3.83. The number of nitrogens with two attached hydrogens (primary N) is 1. The van der Waals surface area contributed by atoms with Crippen LogP contribution in [0.3, 0.4) is 0 Å². The summed E-state index contributed by atoms with van der Waals surface area (Å²) in [6, 6.07) is 14.8. The van der Waals surface area contributed by atoms with Gasteiger partial charge in [0.1, 0.15) is 11.6 Å². The summed E-state index contributed by atoms with van der Waals surface area (Å²) in [5.41, 5.74) is 7.25. The van der Waals surface area contributed by atoms with Gasteiger partial charge in [0, 0.05) is 18.8 Å². The molecule has 2 N–H and O–H groups in total. The third-order valence-electron chi connectivity index (χ3n) is 4.92. The second-order valence-corrected chi connectivity index (χ2v) is 8.99. The topological polar surface area (TPSA) is 131 Å². The van der Waals surface area contributed by atoms with Crippen LogP contribution in [0.5, 0.6) is 0 Å². The number of ether oxygens (including phenoxy) is 1. The van der Waals surface area contributed by atoms with Crippen molar-refractivity contribution in [2.45, 2.75) is 24.8 Å². The molecular weight excluding hydrogens is 418 g/mol. The van der Waals surface area contributed by atoms with E-state index in [0.717, 1.165) is 11.1 Å². The molecule has 3 rings (SSSR count). The van der Waals surface area contributed by atoms with Crippen LogP contribution in [-0.2, 0) is 32.5 Å². The van der Waals surface area contributed by atoms with Crippen molar-refractivity contribution in [3.8, 4) is 6.07 Å². The van der Waals surface area contributed by atoms with Gasteiger partial charge in [0.25, 0.3) is 0 Å². The van der Waals surface area contributed by atoms with Crippen LogP contribution in [0.15, 0.2) is 64.7 Å². The van der Waals surface area contributed by atoms with Crippen LogP contribution in [0.25, 0.3) is 0 Å². The van der Waals surface area contributed by atoms with Crippen LogP contribution in [0.4, 0.5) is 0 Å². The molecule has 2 aromatic rings. The Morgan fingerprint density at radius 3 is 2.55 bits per heavy atom. The molecular formula is C22H21N3O5S. The summed E-state index contributed by atoms with van der Waals surface area (Å²) in [7, 11) is -3.83. The maximum Gasteiger partial charge on any atom is 0.338 e. The molecule has 2 aromatic carbocycles. The lowest BCUT2D eigenvalue weighted by molar-refractivity contribution is -0.118. The Bertz CT molecular complexity index is 1210. The van der Waals surface area contributed by atoms with Crippen molar-refractivity contribution in [1.29, 1.82) is 5.26 Å². The lowest BCUT2D eigenvalue weighted by Crippen LogP contribution is -2.36. The standard InChI is InChI=1S/C22H21N3O5S/c1-15(24)20(12-23)21(26)14-30-22(27)17-7-4-8-19(11-17)31(28,29)25-10-9-16-5-2-3-6-18(16)13-25/h2-8,11H,9-10,13-14,24H2,1H3/b20-15+. The highest BCUT2D eigenvalue weighted by molar-refractivity contribution is 7.89. The van der Waals surface area contributed by atoms with Gasteiger partial charge < -0.3 is 10.5 Å². The fraction of sp³-hybridized carbons (Fsp3) is 0.227. The number of ketones is 1. The van der Waals surface area contributed by atoms with Crippen molar-refractivity contribution in [3.05, 3.63) is 76.5 Å². The Morgan fingerprint density at radius 1 is 1.16 bits per heavy atom. The second kappa shape index (κ2) is 9.12. The third-order valence-corrected chi connectivity index (χ3v) is 6.76. The number of sulfonamides is 1. The van der Waals surface area contributed by atoms with E-state index in [-0.39, 0.29) is 28.3 Å². The Hall–Kier alpha value is -3.48. The van der Waals surface area contributed by atoms with Gasteiger partial charge in [-0.15, -0.1) is 0 Å². The summed E-state index contributed by atoms with van der Waals surface area (Å²) in [6.07, 6.45) is 0.606. The Balaban J connectivity index is 1.75. The Kier molecular flexibility index (Phi) is 6.53. The fourth-order valence-corrected chi connectivity index (χ4v) is 4.73. The highest BCUT2D eigenvalue weighted by Gasteiger charge is 2.29. The number of allylic oxidation sites excluding steroid dienone is 1. The second-order valence-electron chi connectivity index (χ2n) is 7.05. The number of fused-ring (bicyclic) bond motifs is 1. The summed E-state index contributed by atoms with van der Waals surface area (Å²) in [5, 5.41) is 8.94. The van der Waals surface area contributed by atoms with E-state index in [1.807, 2.05) is 24.3 Å². The van der Waals surface area contributed by atoms with Gasteiger partial charge in [-0.25, -0.2) is 13.2 Å². The summed E-state index contributed by atoms with van der Waals surface area (Å²) >= 11 is 0. The van der Waals surface area contributed by atoms with Crippen molar-refractivity contribution in [3.63, 3.8) is 0 Å². The van der Waals surface area contributed by atoms with Gasteiger partial charge in [-0.3, -0.25) is 4.79 Å². The minimum Gasteiger partial charge on any atom is -0.454 e. The zero-order valence-corrected chi connectivity index (χ0v) is 17.7. The zero-order valence-electron chi connectivity index (χ0n) is 16.9. The number of Topliss-reactive ketones (excluding diaryl/α,β-unsaturated/α-hetero) is 1. The van der Waals surface area contributed by atoms with Crippen molar-refractivity contribution in [2.75, 3.05) is 13.2 Å². The van der Waals surface area contributed by atoms with Crippen molar-refractivity contribution >= 4 is 21.8 Å². The molecule has 160 valence electrons. The van der Waals surface area contributed by atoms with Crippen LogP contribution in [-0.4, -0.2) is 37.6 Å². The number of hydrogen-bond donors (Lipinski definition) is 1. The number of nitriles is 1. The van der Waals surface area contributed by atoms with Crippen LogP contribution in [0.2, 0.25) is 0 Å². The number of nitrogens with zero attached hydrogens (tertiary/aromatic N) is 2. The highest BCUT2D eigenvalue weighted by atomic mass is 32.2. The number of benzene rings is 2. The van der Waals surface area contributed by atoms with E-state index in [9.17, 15) is 18.0 Å². The number of carbonyl (C=O) groups is 2. The molecule has 31 heavy (non-hydrogen) atoms. The fourth-order valence-electron chi connectivity index (χ4n) is 3.26. The quantitative estimate of drug-likeness (QED) is 0.413. The maximum atomic E-state index is 13.1. The lowest BCUT2D eigenvalue weighted by atomic mass is 10.0. The molecule has 0 saturated carbocycles. The normalized spacial score (nSPS) is 14.7. The largest absolute Gasteiger partial charge is 0.454 e. The van der Waals surface area contributed by atoms with E-state index < -0.39 is 28.4 Å². The highest BCUT2D eigenvalue weighted by Crippen LogP contribution is 2.25. The summed E-state index contributed by atoms with van der Waals surface area (Å²) < 4.78 is 32.5. The van der Waals surface area contributed by atoms with Crippen molar-refractivity contribution in [1.82, 2.24) is 4.31 Å². The lowest BCUT2D eigenvalue weighted by Gasteiger charge is -2.28. The molecule has 8 nitrogen and oxygen atoms in total. The molecule has 1 aliphatic heterocycles. The first-order valence-corrected chi connectivity index (χ1v) is 10.9. The Labute approximate surface area is 180 Å². The molecule has 9 heteroatoms. The average Bonchev–Trinajstić information content (AvgIpc) is 2.77. The van der Waals surface area contributed by atoms with Crippen molar-refractivity contribution in [2.24, 2.45) is 5.73 Å². The molecule has 1 heterocycles. The third kappa shape index (κ3) is 4.82. The van der Waals surface area contributed by atoms with Gasteiger partial charge in [-0.1, -0.05) is 30.3 Å². The first-order valence-electron chi connectivity index (χ1n) is 9.48. The SMILES string of the molecule is C/C(N)=C(/C#N)C(=O)COC(=O)c1cccc(S(=O)(=O)N2CCc3ccccc3C2)c1. The van der Waals surface area contributed by atoms with E-state index in [1.54, 1.807) is 6.07 Å². The molecule has 0 aliphatic carbocycles. The molecule has 0 bridgehead atoms. The van der Waals surface area contributed by atoms with Gasteiger partial charge in [-0.2, -0.15) is 9.57 Å². The molecule has 0 unspecified atom stereocenters. The van der Waals surface area contributed by atoms with Gasteiger partial charge in [-0.05, 0) is 42.7 Å². The molecule has 0 atom stereocenters. The first kappa shape index (κ1) is 22.2. The zero-order chi connectivity index (χ0) is 22.6. The van der Waals surface area contributed by atoms with Crippen LogP contribution in [0, 0.1) is 11.3 Å². The van der Waals surface area contributed by atoms with Crippen LogP contribution < -0.4 is 5.73 Å². The summed E-state index contributed by atoms with van der Waals surface area (Å²) in [6.45, 7) is 1.31. The summed E-state index contributed by atoms with van der Waals surface area (Å²) in [5.74, 6) is -1.60. The molecule has 0 radical (unpaired) electrons. The van der Waals surface area contributed by atoms with Gasteiger partial charge in [0.15, 0.2) is 6.61 Å². The predicted molar refractivity (Wildman–Crippen MR) is 112 cm³/mol. The number of carbonyl (C=O) groups excluding carboxylic acids is 2. The van der Waals surface area contributed by atoms with Crippen LogP contribution in [0.1, 0.15) is 28.4 Å². The van der Waals surface area contributed by atoms with Crippen LogP contribution >= 0.6 is 0 Å². The molecule has 0 amide bonds. The molecule has 1 aliphatic rings. The summed E-state index contributed by atoms with van der Waals surface area (Å²) in [4.78, 5) is 24.2. The molecule has 0 saturated heterocycles. The molecule has 0 spiro atoms. The average molecular weight is 439 g/mol. The van der Waals surface area contributed by atoms with Crippen molar-refractivity contribution < 1.29 is 22.7 Å². The first-order chi connectivity index (χ1) is 14.7. The van der Waals surface area contributed by atoms with E-state index in [2.05, 4.69) is 0 Å². The monoisotopic (exact) mass is 439 g/mol. The van der Waals surface area contributed by atoms with Gasteiger partial charge in [0.2, 0.25) is 15.8 Å². The number of hydrogen-bond acceptors (Lipinski definition) is 7. The van der Waals surface area contributed by atoms with E-state index in [1.165, 1.54) is 35.5 Å². The van der Waals surface area contributed by atoms with Gasteiger partial charge in [0.05, 0.1) is 10.5 Å². The number of esters is 1. The van der Waals surface area contributed by atoms with E-state index >= 15 is 0 Å². The predicted octanol–water partition coefficient (Wildman–Crippen LogP) is 1.92.